The van der Waals surface area contributed by atoms with Gasteiger partial charge < -0.3 is 20.1 Å². The molecular formula is C26H23F5N6O5S. The van der Waals surface area contributed by atoms with E-state index in [2.05, 4.69) is 30.1 Å². The van der Waals surface area contributed by atoms with E-state index in [1.807, 2.05) is 18.2 Å². The zero-order chi connectivity index (χ0) is 31.4. The predicted octanol–water partition coefficient (Wildman–Crippen LogP) is 3.82. The highest BCUT2D eigenvalue weighted by Crippen LogP contribution is 2.33. The van der Waals surface area contributed by atoms with Crippen molar-refractivity contribution >= 4 is 38.3 Å². The van der Waals surface area contributed by atoms with Gasteiger partial charge in [0.2, 0.25) is 5.88 Å². The number of anilines is 2. The molecule has 4 aromatic rings. The molecule has 0 amide bonds. The summed E-state index contributed by atoms with van der Waals surface area (Å²) in [6.07, 6.45) is -1.84. The molecule has 2 aromatic heterocycles. The van der Waals surface area contributed by atoms with Gasteiger partial charge in [-0.25, -0.2) is 27.0 Å². The summed E-state index contributed by atoms with van der Waals surface area (Å²) in [6, 6.07) is 9.51. The van der Waals surface area contributed by atoms with Crippen molar-refractivity contribution in [3.63, 3.8) is 0 Å². The first-order chi connectivity index (χ1) is 20.3. The van der Waals surface area contributed by atoms with E-state index < -0.39 is 38.7 Å². The Kier molecular flexibility index (Phi) is 9.24. The normalized spacial score (nSPS) is 13.7. The second-order valence-electron chi connectivity index (χ2n) is 8.97. The molecule has 0 bridgehead atoms. The summed E-state index contributed by atoms with van der Waals surface area (Å²) in [5, 5.41) is 20.8. The van der Waals surface area contributed by atoms with Crippen molar-refractivity contribution in [2.24, 2.45) is 0 Å². The standard InChI is InChI=1S/C24H22F2N6O3S.C2HF3O2/c1-35-24-21(31-36(33,34)22-5-4-18(25)12-20(22)26)11-17(13-28-24)15-2-3-16-14-29-30-23(19(16)10-15)32-8-6-27-7-9-32;3-2(4,5)1(6)7/h2-5,10-14,27,31H,6-9H2,1H3;(H,6,7). The highest BCUT2D eigenvalue weighted by Gasteiger charge is 2.38. The fourth-order valence-electron chi connectivity index (χ4n) is 4.09. The fourth-order valence-corrected chi connectivity index (χ4v) is 5.20. The van der Waals surface area contributed by atoms with E-state index in [9.17, 15) is 30.4 Å². The van der Waals surface area contributed by atoms with E-state index in [4.69, 9.17) is 14.6 Å². The van der Waals surface area contributed by atoms with E-state index >= 15 is 0 Å². The van der Waals surface area contributed by atoms with Crippen LogP contribution in [0.5, 0.6) is 5.88 Å². The molecule has 2 aromatic carbocycles. The molecule has 1 saturated heterocycles. The summed E-state index contributed by atoms with van der Waals surface area (Å²) >= 11 is 0. The number of hydrogen-bond acceptors (Lipinski definition) is 9. The average molecular weight is 627 g/mol. The summed E-state index contributed by atoms with van der Waals surface area (Å²) in [5.74, 6) is -4.08. The Hall–Kier alpha value is -4.64. The van der Waals surface area contributed by atoms with Gasteiger partial charge in [-0.3, -0.25) is 4.72 Å². The van der Waals surface area contributed by atoms with Crippen molar-refractivity contribution in [2.45, 2.75) is 11.1 Å². The predicted molar refractivity (Wildman–Crippen MR) is 145 cm³/mol. The summed E-state index contributed by atoms with van der Waals surface area (Å²) < 4.78 is 92.5. The van der Waals surface area contributed by atoms with E-state index in [-0.39, 0.29) is 11.6 Å². The van der Waals surface area contributed by atoms with Gasteiger partial charge in [0.05, 0.1) is 13.3 Å². The number of rotatable bonds is 6. The highest BCUT2D eigenvalue weighted by atomic mass is 32.2. The van der Waals surface area contributed by atoms with Crippen molar-refractivity contribution in [2.75, 3.05) is 42.9 Å². The van der Waals surface area contributed by atoms with Gasteiger partial charge in [0.25, 0.3) is 10.0 Å². The van der Waals surface area contributed by atoms with Gasteiger partial charge in [-0.2, -0.15) is 18.3 Å². The minimum Gasteiger partial charge on any atom is -0.480 e. The highest BCUT2D eigenvalue weighted by molar-refractivity contribution is 7.92. The maximum Gasteiger partial charge on any atom is 0.490 e. The van der Waals surface area contributed by atoms with Crippen LogP contribution in [0.4, 0.5) is 33.5 Å². The van der Waals surface area contributed by atoms with E-state index in [0.717, 1.165) is 60.5 Å². The molecule has 0 saturated carbocycles. The number of hydrogen-bond donors (Lipinski definition) is 3. The van der Waals surface area contributed by atoms with Crippen molar-refractivity contribution in [3.05, 3.63) is 66.5 Å². The second-order valence-corrected chi connectivity index (χ2v) is 10.6. The van der Waals surface area contributed by atoms with Gasteiger partial charge in [-0.15, -0.1) is 5.10 Å². The van der Waals surface area contributed by atoms with Crippen molar-refractivity contribution in [1.29, 1.82) is 0 Å². The minimum atomic E-state index is -5.08. The van der Waals surface area contributed by atoms with E-state index in [0.29, 0.717) is 11.6 Å². The van der Waals surface area contributed by atoms with Gasteiger partial charge in [0, 0.05) is 54.8 Å². The van der Waals surface area contributed by atoms with Crippen molar-refractivity contribution < 1.29 is 45.0 Å². The zero-order valence-corrected chi connectivity index (χ0v) is 23.0. The van der Waals surface area contributed by atoms with E-state index in [1.54, 1.807) is 18.5 Å². The number of piperazine rings is 1. The smallest absolute Gasteiger partial charge is 0.480 e. The Bertz CT molecular complexity index is 1750. The average Bonchev–Trinajstić information content (AvgIpc) is 2.96. The maximum absolute atomic E-state index is 14.2. The molecule has 1 aliphatic rings. The molecule has 43 heavy (non-hydrogen) atoms. The number of pyridine rings is 1. The molecule has 0 atom stereocenters. The summed E-state index contributed by atoms with van der Waals surface area (Å²) in [7, 11) is -3.05. The van der Waals surface area contributed by atoms with Crippen molar-refractivity contribution in [3.8, 4) is 17.0 Å². The van der Waals surface area contributed by atoms with Gasteiger partial charge in [-0.05, 0) is 29.8 Å². The van der Waals surface area contributed by atoms with Gasteiger partial charge in [-0.1, -0.05) is 12.1 Å². The lowest BCUT2D eigenvalue weighted by atomic mass is 10.0. The molecule has 0 unspecified atom stereocenters. The number of ether oxygens (including phenoxy) is 1. The number of methoxy groups -OCH3 is 1. The number of sulfonamides is 1. The first-order valence-electron chi connectivity index (χ1n) is 12.3. The number of halogens is 5. The maximum atomic E-state index is 14.2. The van der Waals surface area contributed by atoms with Crippen LogP contribution < -0.4 is 19.7 Å². The third kappa shape index (κ3) is 7.42. The first kappa shape index (κ1) is 31.3. The van der Waals surface area contributed by atoms with Crippen LogP contribution in [-0.2, 0) is 14.8 Å². The molecule has 228 valence electrons. The van der Waals surface area contributed by atoms with Gasteiger partial charge in [0.1, 0.15) is 22.2 Å². The molecule has 1 aliphatic heterocycles. The van der Waals surface area contributed by atoms with Crippen LogP contribution >= 0.6 is 0 Å². The number of fused-ring (bicyclic) bond motifs is 1. The van der Waals surface area contributed by atoms with E-state index in [1.165, 1.54) is 7.11 Å². The number of benzene rings is 2. The number of carboxylic acid groups (broad SMARTS) is 1. The van der Waals surface area contributed by atoms with Crippen LogP contribution in [0.2, 0.25) is 0 Å². The molecule has 3 N–H and O–H groups in total. The molecular weight excluding hydrogens is 603 g/mol. The molecule has 17 heteroatoms. The topological polar surface area (TPSA) is 147 Å². The Labute approximate surface area is 241 Å². The molecule has 5 rings (SSSR count). The number of nitrogens with zero attached hydrogens (tertiary/aromatic N) is 4. The Balaban J connectivity index is 0.000000541. The molecule has 0 aliphatic carbocycles. The first-order valence-corrected chi connectivity index (χ1v) is 13.8. The SMILES string of the molecule is COc1ncc(-c2ccc3cnnc(N4CCNCC4)c3c2)cc1NS(=O)(=O)c1ccc(F)cc1F.O=C(O)C(F)(F)F. The molecule has 3 heterocycles. The number of nitrogens with one attached hydrogen (secondary N) is 2. The Morgan fingerprint density at radius 2 is 1.74 bits per heavy atom. The monoisotopic (exact) mass is 626 g/mol. The summed E-state index contributed by atoms with van der Waals surface area (Å²) in [5.41, 5.74) is 1.36. The molecule has 11 nitrogen and oxygen atoms in total. The second kappa shape index (κ2) is 12.7. The van der Waals surface area contributed by atoms with Gasteiger partial charge >= 0.3 is 12.1 Å². The lowest BCUT2D eigenvalue weighted by molar-refractivity contribution is -0.192. The molecule has 0 spiro atoms. The number of carboxylic acids is 1. The molecule has 1 fully saturated rings. The van der Waals surface area contributed by atoms with Crippen LogP contribution in [0.3, 0.4) is 0 Å². The summed E-state index contributed by atoms with van der Waals surface area (Å²) in [6.45, 7) is 3.29. The Morgan fingerprint density at radius 3 is 2.37 bits per heavy atom. The van der Waals surface area contributed by atoms with Crippen LogP contribution in [-0.4, -0.2) is 74.1 Å². The van der Waals surface area contributed by atoms with Crippen molar-refractivity contribution in [1.82, 2.24) is 20.5 Å². The Morgan fingerprint density at radius 1 is 1.05 bits per heavy atom. The number of aromatic nitrogens is 3. The number of aliphatic carboxylic acids is 1. The third-order valence-electron chi connectivity index (χ3n) is 6.11. The largest absolute Gasteiger partial charge is 0.490 e. The summed E-state index contributed by atoms with van der Waals surface area (Å²) in [4.78, 5) is 14.6. The van der Waals surface area contributed by atoms with Crippen LogP contribution in [0.25, 0.3) is 21.9 Å². The van der Waals surface area contributed by atoms with Crippen LogP contribution in [0.1, 0.15) is 0 Å². The quantitative estimate of drug-likeness (QED) is 0.270. The lowest BCUT2D eigenvalue weighted by Crippen LogP contribution is -2.44. The number of alkyl halides is 3. The number of carbonyl (C=O) groups is 1. The van der Waals surface area contributed by atoms with Crippen LogP contribution in [0.15, 0.2) is 59.8 Å². The lowest BCUT2D eigenvalue weighted by Gasteiger charge is -2.28. The minimum absolute atomic E-state index is 0.00185. The zero-order valence-electron chi connectivity index (χ0n) is 22.2. The fraction of sp³-hybridized carbons (Fsp3) is 0.231. The van der Waals surface area contributed by atoms with Crippen LogP contribution in [0, 0.1) is 11.6 Å². The molecule has 0 radical (unpaired) electrons. The third-order valence-corrected chi connectivity index (χ3v) is 7.51. The van der Waals surface area contributed by atoms with Gasteiger partial charge in [0.15, 0.2) is 5.82 Å².